The summed E-state index contributed by atoms with van der Waals surface area (Å²) in [4.78, 5) is 14.5. The largest absolute Gasteiger partial charge is 0.339 e. The molecular weight excluding hydrogens is 318 g/mol. The van der Waals surface area contributed by atoms with Crippen LogP contribution in [0.4, 0.5) is 0 Å². The lowest BCUT2D eigenvalue weighted by Gasteiger charge is -2.32. The zero-order chi connectivity index (χ0) is 16.4. The fraction of sp³-hybridized carbons (Fsp3) is 0.500. The lowest BCUT2D eigenvalue weighted by molar-refractivity contribution is 0.0693. The number of nitrogens with one attached hydrogen (secondary N) is 2. The minimum atomic E-state index is -3.16. The number of nitrogens with zero attached hydrogens (tertiary/aromatic N) is 3. The van der Waals surface area contributed by atoms with Gasteiger partial charge in [-0.1, -0.05) is 6.07 Å². The van der Waals surface area contributed by atoms with Crippen LogP contribution in [0.5, 0.6) is 0 Å². The Morgan fingerprint density at radius 1 is 1.35 bits per heavy atom. The van der Waals surface area contributed by atoms with E-state index >= 15 is 0 Å². The number of hydrogen-bond acceptors (Lipinski definition) is 5. The lowest BCUT2D eigenvalue weighted by Crippen LogP contribution is -2.41. The van der Waals surface area contributed by atoms with E-state index in [1.54, 1.807) is 23.1 Å². The summed E-state index contributed by atoms with van der Waals surface area (Å²) in [5, 5.41) is 10.6. The summed E-state index contributed by atoms with van der Waals surface area (Å²) in [5.41, 5.74) is 1.80. The molecule has 1 saturated heterocycles. The molecule has 0 radical (unpaired) electrons. The van der Waals surface area contributed by atoms with E-state index < -0.39 is 10.0 Å². The number of para-hydroxylation sites is 1. The molecule has 1 fully saturated rings. The molecule has 3 rings (SSSR count). The Balaban J connectivity index is 1.63. The van der Waals surface area contributed by atoms with Gasteiger partial charge in [-0.15, -0.1) is 0 Å². The van der Waals surface area contributed by atoms with Crippen molar-refractivity contribution >= 4 is 27.0 Å². The fourth-order valence-corrected chi connectivity index (χ4v) is 3.36. The number of hydrogen-bond donors (Lipinski definition) is 2. The molecule has 1 aliphatic rings. The van der Waals surface area contributed by atoms with Crippen molar-refractivity contribution < 1.29 is 13.2 Å². The van der Waals surface area contributed by atoms with Crippen molar-refractivity contribution in [1.29, 1.82) is 0 Å². The molecular formula is C14H19N5O3S. The van der Waals surface area contributed by atoms with Gasteiger partial charge in [0.25, 0.3) is 5.91 Å². The molecule has 8 nitrogen and oxygen atoms in total. The van der Waals surface area contributed by atoms with E-state index in [1.807, 2.05) is 0 Å². The molecule has 124 valence electrons. The van der Waals surface area contributed by atoms with Crippen LogP contribution in [-0.2, 0) is 10.0 Å². The number of rotatable bonds is 4. The van der Waals surface area contributed by atoms with Crippen LogP contribution < -0.4 is 4.72 Å². The zero-order valence-corrected chi connectivity index (χ0v) is 13.6. The van der Waals surface area contributed by atoms with E-state index in [9.17, 15) is 13.2 Å². The molecule has 0 saturated carbocycles. The Labute approximate surface area is 134 Å². The van der Waals surface area contributed by atoms with Crippen LogP contribution in [0, 0.1) is 5.92 Å². The topological polar surface area (TPSA) is 108 Å². The average molecular weight is 337 g/mol. The molecule has 9 heteroatoms. The van der Waals surface area contributed by atoms with Gasteiger partial charge in [0.1, 0.15) is 11.0 Å². The molecule has 23 heavy (non-hydrogen) atoms. The Kier molecular flexibility index (Phi) is 4.31. The Morgan fingerprint density at radius 3 is 2.78 bits per heavy atom. The van der Waals surface area contributed by atoms with Crippen molar-refractivity contribution in [1.82, 2.24) is 25.0 Å². The van der Waals surface area contributed by atoms with E-state index in [2.05, 4.69) is 20.1 Å². The quantitative estimate of drug-likeness (QED) is 0.837. The van der Waals surface area contributed by atoms with Gasteiger partial charge in [-0.25, -0.2) is 13.1 Å². The van der Waals surface area contributed by atoms with Gasteiger partial charge >= 0.3 is 0 Å². The Morgan fingerprint density at radius 2 is 2.09 bits per heavy atom. The van der Waals surface area contributed by atoms with Crippen LogP contribution in [0.3, 0.4) is 0 Å². The number of fused-ring (bicyclic) bond motifs is 1. The Hall–Kier alpha value is -2.00. The van der Waals surface area contributed by atoms with Crippen molar-refractivity contribution in [3.05, 3.63) is 23.8 Å². The normalized spacial score (nSPS) is 16.8. The summed E-state index contributed by atoms with van der Waals surface area (Å²) in [6.07, 6.45) is 2.72. The molecule has 1 aromatic heterocycles. The highest BCUT2D eigenvalue weighted by Crippen LogP contribution is 2.21. The summed E-state index contributed by atoms with van der Waals surface area (Å²) in [6, 6.07) is 5.35. The van der Waals surface area contributed by atoms with Crippen molar-refractivity contribution in [2.45, 2.75) is 12.8 Å². The molecule has 1 amide bonds. The van der Waals surface area contributed by atoms with Crippen molar-refractivity contribution in [2.75, 3.05) is 25.9 Å². The number of H-pyrrole nitrogens is 1. The second kappa shape index (κ2) is 6.25. The molecule has 0 unspecified atom stereocenters. The predicted molar refractivity (Wildman–Crippen MR) is 85.4 cm³/mol. The third kappa shape index (κ3) is 3.67. The molecule has 1 aromatic carbocycles. The van der Waals surface area contributed by atoms with Crippen molar-refractivity contribution in [3.63, 3.8) is 0 Å². The zero-order valence-electron chi connectivity index (χ0n) is 12.8. The van der Waals surface area contributed by atoms with Crippen molar-refractivity contribution in [2.24, 2.45) is 5.92 Å². The number of sulfonamides is 1. The number of aromatic amines is 1. The smallest absolute Gasteiger partial charge is 0.256 e. The fourth-order valence-electron chi connectivity index (χ4n) is 2.82. The van der Waals surface area contributed by atoms with E-state index in [1.165, 1.54) is 0 Å². The van der Waals surface area contributed by atoms with Crippen LogP contribution in [0.1, 0.15) is 23.2 Å². The van der Waals surface area contributed by atoms with Gasteiger partial charge in [0.05, 0.1) is 11.8 Å². The van der Waals surface area contributed by atoms with Gasteiger partial charge in [-0.05, 0) is 30.9 Å². The first kappa shape index (κ1) is 15.9. The maximum atomic E-state index is 12.7. The number of likely N-dealkylation sites (tertiary alicyclic amines) is 1. The first-order valence-corrected chi connectivity index (χ1v) is 9.36. The second-order valence-corrected chi connectivity index (χ2v) is 7.69. The van der Waals surface area contributed by atoms with E-state index in [-0.39, 0.29) is 11.8 Å². The molecule has 0 spiro atoms. The number of benzene rings is 1. The molecule has 2 aromatic rings. The highest BCUT2D eigenvalue weighted by molar-refractivity contribution is 7.88. The minimum Gasteiger partial charge on any atom is -0.339 e. The molecule has 0 aliphatic carbocycles. The first-order chi connectivity index (χ1) is 10.9. The third-order valence-corrected chi connectivity index (χ3v) is 4.80. The highest BCUT2D eigenvalue weighted by atomic mass is 32.2. The van der Waals surface area contributed by atoms with Crippen LogP contribution in [0.2, 0.25) is 0 Å². The third-order valence-electron chi connectivity index (χ3n) is 4.11. The summed E-state index contributed by atoms with van der Waals surface area (Å²) in [7, 11) is -3.16. The molecule has 0 atom stereocenters. The summed E-state index contributed by atoms with van der Waals surface area (Å²) in [5.74, 6) is 0.204. The van der Waals surface area contributed by atoms with E-state index in [0.29, 0.717) is 36.2 Å². The predicted octanol–water partition coefficient (Wildman–Crippen LogP) is 0.359. The van der Waals surface area contributed by atoms with Gasteiger partial charge < -0.3 is 4.90 Å². The van der Waals surface area contributed by atoms with Crippen LogP contribution in [0.15, 0.2) is 18.2 Å². The van der Waals surface area contributed by atoms with Gasteiger partial charge in [0.15, 0.2) is 0 Å². The van der Waals surface area contributed by atoms with Gasteiger partial charge in [0.2, 0.25) is 10.0 Å². The lowest BCUT2D eigenvalue weighted by atomic mass is 9.96. The standard InChI is InChI=1S/C14H19N5O3S/c1-23(21,22)15-9-10-5-7-19(8-6-10)14(20)11-3-2-4-12-13(11)17-18-16-12/h2-4,10,15H,5-9H2,1H3,(H,16,17,18). The minimum absolute atomic E-state index is 0.0565. The molecule has 1 aliphatic heterocycles. The summed E-state index contributed by atoms with van der Waals surface area (Å²) in [6.45, 7) is 1.66. The monoisotopic (exact) mass is 337 g/mol. The molecule has 0 bridgehead atoms. The van der Waals surface area contributed by atoms with E-state index in [4.69, 9.17) is 0 Å². The average Bonchev–Trinajstić information content (AvgIpc) is 3.00. The number of amides is 1. The Bertz CT molecular complexity index is 809. The summed E-state index contributed by atoms with van der Waals surface area (Å²) >= 11 is 0. The van der Waals surface area contributed by atoms with Gasteiger partial charge in [0, 0.05) is 19.6 Å². The molecule has 2 heterocycles. The summed E-state index contributed by atoms with van der Waals surface area (Å²) < 4.78 is 24.8. The second-order valence-electron chi connectivity index (χ2n) is 5.85. The first-order valence-electron chi connectivity index (χ1n) is 7.47. The maximum Gasteiger partial charge on any atom is 0.256 e. The maximum absolute atomic E-state index is 12.7. The van der Waals surface area contributed by atoms with Crippen LogP contribution >= 0.6 is 0 Å². The van der Waals surface area contributed by atoms with E-state index in [0.717, 1.165) is 19.1 Å². The van der Waals surface area contributed by atoms with Crippen LogP contribution in [0.25, 0.3) is 11.0 Å². The number of carbonyl (C=O) groups is 1. The molecule has 2 N–H and O–H groups in total. The number of carbonyl (C=O) groups excluding carboxylic acids is 1. The van der Waals surface area contributed by atoms with Gasteiger partial charge in [-0.3, -0.25) is 4.79 Å². The highest BCUT2D eigenvalue weighted by Gasteiger charge is 2.25. The van der Waals surface area contributed by atoms with Crippen LogP contribution in [-0.4, -0.2) is 60.5 Å². The SMILES string of the molecule is CS(=O)(=O)NCC1CCN(C(=O)c2cccc3n[nH]nc23)CC1. The number of aromatic nitrogens is 3. The number of piperidine rings is 1. The van der Waals surface area contributed by atoms with Crippen molar-refractivity contribution in [3.8, 4) is 0 Å². The van der Waals surface area contributed by atoms with Gasteiger partial charge in [-0.2, -0.15) is 15.4 Å².